The molecule has 2 heterocycles. The summed E-state index contributed by atoms with van der Waals surface area (Å²) in [4.78, 5) is 63.7. The lowest BCUT2D eigenvalue weighted by atomic mass is 10.1. The molecular formula is C20H19N3O6. The van der Waals surface area contributed by atoms with Gasteiger partial charge in [-0.15, -0.1) is 0 Å². The Kier molecular flexibility index (Phi) is 5.06. The van der Waals surface area contributed by atoms with E-state index in [1.54, 1.807) is 13.8 Å². The highest BCUT2D eigenvalue weighted by Crippen LogP contribution is 2.25. The zero-order valence-corrected chi connectivity index (χ0v) is 16.3. The number of carbonyl (C=O) groups is 5. The first-order chi connectivity index (χ1) is 13.6. The fourth-order valence-electron chi connectivity index (χ4n) is 3.32. The van der Waals surface area contributed by atoms with Crippen LogP contribution in [0.15, 0.2) is 18.2 Å². The number of fused-ring (bicyclic) bond motifs is 1. The second-order valence-electron chi connectivity index (χ2n) is 6.74. The molecule has 1 aliphatic heterocycles. The quantitative estimate of drug-likeness (QED) is 0.451. The summed E-state index contributed by atoms with van der Waals surface area (Å²) in [6, 6.07) is 4.34. The molecule has 1 aliphatic rings. The van der Waals surface area contributed by atoms with Crippen LogP contribution in [0.4, 0.5) is 5.69 Å². The van der Waals surface area contributed by atoms with Crippen LogP contribution in [-0.4, -0.2) is 53.0 Å². The number of aromatic nitrogens is 1. The van der Waals surface area contributed by atoms with Crippen LogP contribution in [0.5, 0.6) is 0 Å². The summed E-state index contributed by atoms with van der Waals surface area (Å²) in [6.45, 7) is 4.13. The number of amides is 3. The van der Waals surface area contributed by atoms with Gasteiger partial charge in [-0.25, -0.2) is 4.79 Å². The van der Waals surface area contributed by atoms with Crippen LogP contribution in [0.1, 0.15) is 59.7 Å². The topological polar surface area (TPSA) is 126 Å². The third kappa shape index (κ3) is 3.54. The van der Waals surface area contributed by atoms with Crippen molar-refractivity contribution in [1.29, 1.82) is 0 Å². The van der Waals surface area contributed by atoms with E-state index >= 15 is 0 Å². The first kappa shape index (κ1) is 20.0. The number of nitrogens with zero attached hydrogens (tertiary/aromatic N) is 1. The molecule has 0 unspecified atom stereocenters. The molecule has 9 heteroatoms. The van der Waals surface area contributed by atoms with Crippen molar-refractivity contribution in [3.8, 4) is 0 Å². The highest BCUT2D eigenvalue weighted by atomic mass is 16.5. The SMILES string of the molecule is CC(=O)c1c(C)[nH]c(C(=O)OCC(=O)Nc2ccc3c(c2)C(=O)N(C)C3=O)c1C. The van der Waals surface area contributed by atoms with Crippen molar-refractivity contribution in [2.24, 2.45) is 0 Å². The standard InChI is InChI=1S/C20H19N3O6/c1-9-16(11(3)24)10(2)21-17(9)20(28)29-8-15(25)22-12-5-6-13-14(7-12)19(27)23(4)18(13)26/h5-7,21H,8H2,1-4H3,(H,22,25). The van der Waals surface area contributed by atoms with Crippen molar-refractivity contribution in [2.45, 2.75) is 20.8 Å². The van der Waals surface area contributed by atoms with Crippen molar-refractivity contribution < 1.29 is 28.7 Å². The van der Waals surface area contributed by atoms with E-state index in [0.717, 1.165) is 4.90 Å². The molecule has 0 saturated heterocycles. The second kappa shape index (κ2) is 7.34. The second-order valence-corrected chi connectivity index (χ2v) is 6.74. The monoisotopic (exact) mass is 397 g/mol. The molecule has 2 aromatic rings. The van der Waals surface area contributed by atoms with Crippen molar-refractivity contribution in [2.75, 3.05) is 19.0 Å². The molecule has 1 aromatic heterocycles. The van der Waals surface area contributed by atoms with Gasteiger partial charge in [0.1, 0.15) is 5.69 Å². The van der Waals surface area contributed by atoms with Gasteiger partial charge in [-0.2, -0.15) is 0 Å². The molecular weight excluding hydrogens is 378 g/mol. The lowest BCUT2D eigenvalue weighted by Gasteiger charge is -2.07. The zero-order chi connectivity index (χ0) is 21.5. The Morgan fingerprint density at radius 3 is 2.38 bits per heavy atom. The summed E-state index contributed by atoms with van der Waals surface area (Å²) in [5, 5.41) is 2.52. The van der Waals surface area contributed by atoms with Gasteiger partial charge >= 0.3 is 5.97 Å². The molecule has 0 radical (unpaired) electrons. The minimum Gasteiger partial charge on any atom is -0.451 e. The molecule has 2 N–H and O–H groups in total. The number of carbonyl (C=O) groups excluding carboxylic acids is 5. The lowest BCUT2D eigenvalue weighted by molar-refractivity contribution is -0.119. The van der Waals surface area contributed by atoms with Gasteiger partial charge in [0.15, 0.2) is 12.4 Å². The molecule has 150 valence electrons. The zero-order valence-electron chi connectivity index (χ0n) is 16.3. The Morgan fingerprint density at radius 2 is 1.76 bits per heavy atom. The number of imide groups is 1. The van der Waals surface area contributed by atoms with E-state index in [2.05, 4.69) is 10.3 Å². The van der Waals surface area contributed by atoms with Gasteiger partial charge in [0.25, 0.3) is 17.7 Å². The Morgan fingerprint density at radius 1 is 1.10 bits per heavy atom. The van der Waals surface area contributed by atoms with Crippen molar-refractivity contribution in [3.05, 3.63) is 51.8 Å². The van der Waals surface area contributed by atoms with Crippen LogP contribution < -0.4 is 5.32 Å². The number of hydrogen-bond donors (Lipinski definition) is 2. The average Bonchev–Trinajstić information content (AvgIpc) is 3.08. The van der Waals surface area contributed by atoms with Gasteiger partial charge in [0.2, 0.25) is 0 Å². The molecule has 0 atom stereocenters. The molecule has 0 saturated carbocycles. The molecule has 0 fully saturated rings. The van der Waals surface area contributed by atoms with Gasteiger partial charge in [-0.05, 0) is 44.5 Å². The maximum Gasteiger partial charge on any atom is 0.355 e. The number of rotatable bonds is 5. The lowest BCUT2D eigenvalue weighted by Crippen LogP contribution is -2.24. The van der Waals surface area contributed by atoms with E-state index in [4.69, 9.17) is 4.74 Å². The Bertz CT molecular complexity index is 1080. The number of H-pyrrole nitrogens is 1. The van der Waals surface area contributed by atoms with Crippen molar-refractivity contribution in [1.82, 2.24) is 9.88 Å². The fraction of sp³-hybridized carbons (Fsp3) is 0.250. The molecule has 3 amide bonds. The number of hydrogen-bond acceptors (Lipinski definition) is 6. The van der Waals surface area contributed by atoms with Crippen molar-refractivity contribution in [3.63, 3.8) is 0 Å². The first-order valence-electron chi connectivity index (χ1n) is 8.75. The molecule has 29 heavy (non-hydrogen) atoms. The smallest absolute Gasteiger partial charge is 0.355 e. The summed E-state index contributed by atoms with van der Waals surface area (Å²) < 4.78 is 5.02. The highest BCUT2D eigenvalue weighted by molar-refractivity contribution is 6.21. The van der Waals surface area contributed by atoms with Crippen LogP contribution in [0.2, 0.25) is 0 Å². The van der Waals surface area contributed by atoms with Crippen molar-refractivity contribution >= 4 is 35.2 Å². The third-order valence-electron chi connectivity index (χ3n) is 4.70. The van der Waals surface area contributed by atoms with E-state index < -0.39 is 30.3 Å². The van der Waals surface area contributed by atoms with E-state index in [0.29, 0.717) is 22.5 Å². The summed E-state index contributed by atoms with van der Waals surface area (Å²) in [6.07, 6.45) is 0. The summed E-state index contributed by atoms with van der Waals surface area (Å²) in [5.41, 5.74) is 2.31. The van der Waals surface area contributed by atoms with E-state index in [1.165, 1.54) is 32.2 Å². The molecule has 0 bridgehead atoms. The predicted molar refractivity (Wildman–Crippen MR) is 102 cm³/mol. The Balaban J connectivity index is 1.65. The van der Waals surface area contributed by atoms with Crippen LogP contribution >= 0.6 is 0 Å². The summed E-state index contributed by atoms with van der Waals surface area (Å²) in [5.74, 6) is -2.41. The van der Waals surface area contributed by atoms with Crippen LogP contribution in [-0.2, 0) is 9.53 Å². The number of benzene rings is 1. The average molecular weight is 397 g/mol. The number of Topliss-reactive ketones (excluding diaryl/α,β-unsaturated/α-hetero) is 1. The Hall–Kier alpha value is -3.75. The molecule has 9 nitrogen and oxygen atoms in total. The Labute approximate surface area is 166 Å². The van der Waals surface area contributed by atoms with Gasteiger partial charge in [-0.3, -0.25) is 24.1 Å². The molecule has 0 aliphatic carbocycles. The normalized spacial score (nSPS) is 12.8. The number of anilines is 1. The summed E-state index contributed by atoms with van der Waals surface area (Å²) in [7, 11) is 1.38. The number of esters is 1. The predicted octanol–water partition coefficient (Wildman–Crippen LogP) is 1.86. The van der Waals surface area contributed by atoms with E-state index in [-0.39, 0.29) is 22.6 Å². The van der Waals surface area contributed by atoms with Gasteiger partial charge in [-0.1, -0.05) is 0 Å². The largest absolute Gasteiger partial charge is 0.451 e. The third-order valence-corrected chi connectivity index (χ3v) is 4.70. The number of ether oxygens (including phenoxy) is 1. The minimum atomic E-state index is -0.760. The van der Waals surface area contributed by atoms with Gasteiger partial charge < -0.3 is 15.0 Å². The van der Waals surface area contributed by atoms with E-state index in [9.17, 15) is 24.0 Å². The maximum atomic E-state index is 12.2. The molecule has 3 rings (SSSR count). The number of aryl methyl sites for hydroxylation is 1. The fourth-order valence-corrected chi connectivity index (χ4v) is 3.32. The van der Waals surface area contributed by atoms with Gasteiger partial charge in [0.05, 0.1) is 11.1 Å². The van der Waals surface area contributed by atoms with Gasteiger partial charge in [0, 0.05) is 24.0 Å². The summed E-state index contributed by atoms with van der Waals surface area (Å²) >= 11 is 0. The van der Waals surface area contributed by atoms with Crippen LogP contribution in [0, 0.1) is 13.8 Å². The van der Waals surface area contributed by atoms with E-state index in [1.807, 2.05) is 0 Å². The number of nitrogens with one attached hydrogen (secondary N) is 2. The number of aromatic amines is 1. The first-order valence-corrected chi connectivity index (χ1v) is 8.75. The maximum absolute atomic E-state index is 12.2. The number of ketones is 1. The highest BCUT2D eigenvalue weighted by Gasteiger charge is 2.32. The minimum absolute atomic E-state index is 0.116. The van der Waals surface area contributed by atoms with Crippen LogP contribution in [0.25, 0.3) is 0 Å². The van der Waals surface area contributed by atoms with Crippen LogP contribution in [0.3, 0.4) is 0 Å². The molecule has 0 spiro atoms. The molecule has 1 aromatic carbocycles.